The minimum absolute atomic E-state index is 0.919. The summed E-state index contributed by atoms with van der Waals surface area (Å²) in [5, 5.41) is 0. The predicted molar refractivity (Wildman–Crippen MR) is 85.8 cm³/mol. The zero-order valence-electron chi connectivity index (χ0n) is 12.2. The number of hydrogen-bond donors (Lipinski definition) is 0. The van der Waals surface area contributed by atoms with Gasteiger partial charge in [-0.1, -0.05) is 6.92 Å². The maximum atomic E-state index is 4.70. The summed E-state index contributed by atoms with van der Waals surface area (Å²) < 4.78 is 1.03. The minimum Gasteiger partial charge on any atom is -0.294 e. The van der Waals surface area contributed by atoms with Crippen LogP contribution in [0.1, 0.15) is 36.0 Å². The van der Waals surface area contributed by atoms with E-state index in [1.165, 1.54) is 16.8 Å². The molecule has 0 bridgehead atoms. The molecule has 21 heavy (non-hydrogen) atoms. The predicted octanol–water partition coefficient (Wildman–Crippen LogP) is 3.14. The first-order valence-corrected chi connectivity index (χ1v) is 8.19. The van der Waals surface area contributed by atoms with Crippen molar-refractivity contribution in [1.29, 1.82) is 0 Å². The monoisotopic (exact) mass is 346 g/mol. The van der Waals surface area contributed by atoms with Gasteiger partial charge in [0.2, 0.25) is 0 Å². The molecule has 3 heterocycles. The highest BCUT2D eigenvalue weighted by Gasteiger charge is 2.18. The van der Waals surface area contributed by atoms with E-state index in [0.29, 0.717) is 0 Å². The van der Waals surface area contributed by atoms with Crippen LogP contribution in [0.25, 0.3) is 0 Å². The Kier molecular flexibility index (Phi) is 4.60. The van der Waals surface area contributed by atoms with Gasteiger partial charge in [-0.3, -0.25) is 9.88 Å². The number of rotatable bonds is 4. The van der Waals surface area contributed by atoms with Crippen LogP contribution in [0.3, 0.4) is 0 Å². The molecule has 0 atom stereocenters. The summed E-state index contributed by atoms with van der Waals surface area (Å²) in [5.74, 6) is 0.987. The molecule has 3 rings (SSSR count). The lowest BCUT2D eigenvalue weighted by Crippen LogP contribution is -2.31. The van der Waals surface area contributed by atoms with Crippen molar-refractivity contribution in [2.75, 3.05) is 6.54 Å². The Morgan fingerprint density at radius 2 is 2.19 bits per heavy atom. The molecule has 0 aliphatic carbocycles. The summed E-state index contributed by atoms with van der Waals surface area (Å²) in [6, 6.07) is 2.13. The number of nitrogens with zero attached hydrogens (tertiary/aromatic N) is 4. The lowest BCUT2D eigenvalue weighted by molar-refractivity contribution is 0.242. The van der Waals surface area contributed by atoms with E-state index in [0.717, 1.165) is 49.2 Å². The van der Waals surface area contributed by atoms with Crippen LogP contribution in [-0.4, -0.2) is 26.4 Å². The SMILES string of the molecule is CCCc1ncc2c(n1)CCN(Cc1cncc(Br)c1)C2. The van der Waals surface area contributed by atoms with Gasteiger partial charge in [-0.05, 0) is 34.0 Å². The lowest BCUT2D eigenvalue weighted by atomic mass is 10.1. The number of halogens is 1. The fourth-order valence-electron chi connectivity index (χ4n) is 2.70. The third kappa shape index (κ3) is 3.66. The second kappa shape index (κ2) is 6.62. The van der Waals surface area contributed by atoms with Crippen molar-refractivity contribution in [3.05, 3.63) is 51.8 Å². The first-order valence-electron chi connectivity index (χ1n) is 7.40. The van der Waals surface area contributed by atoms with E-state index < -0.39 is 0 Å². The molecule has 5 heteroatoms. The van der Waals surface area contributed by atoms with Crippen molar-refractivity contribution in [1.82, 2.24) is 19.9 Å². The topological polar surface area (TPSA) is 41.9 Å². The van der Waals surface area contributed by atoms with E-state index in [9.17, 15) is 0 Å². The van der Waals surface area contributed by atoms with Crippen molar-refractivity contribution in [3.63, 3.8) is 0 Å². The van der Waals surface area contributed by atoms with E-state index in [-0.39, 0.29) is 0 Å². The largest absolute Gasteiger partial charge is 0.294 e. The van der Waals surface area contributed by atoms with Crippen molar-refractivity contribution >= 4 is 15.9 Å². The standard InChI is InChI=1S/C16H19BrN4/c1-2-3-16-19-8-13-11-21(5-4-15(13)20-16)10-12-6-14(17)9-18-7-12/h6-9H,2-5,10-11H2,1H3. The van der Waals surface area contributed by atoms with Crippen LogP contribution in [0.2, 0.25) is 0 Å². The van der Waals surface area contributed by atoms with Gasteiger partial charge in [-0.15, -0.1) is 0 Å². The molecule has 2 aromatic heterocycles. The van der Waals surface area contributed by atoms with Crippen LogP contribution in [0.4, 0.5) is 0 Å². The second-order valence-corrected chi connectivity index (χ2v) is 6.40. The summed E-state index contributed by atoms with van der Waals surface area (Å²) in [5.41, 5.74) is 3.73. The van der Waals surface area contributed by atoms with Gasteiger partial charge >= 0.3 is 0 Å². The van der Waals surface area contributed by atoms with Crippen molar-refractivity contribution in [2.45, 2.75) is 39.3 Å². The molecule has 1 aliphatic rings. The Bertz CT molecular complexity index is 629. The van der Waals surface area contributed by atoms with Crippen molar-refractivity contribution in [3.8, 4) is 0 Å². The van der Waals surface area contributed by atoms with E-state index in [2.05, 4.69) is 43.8 Å². The summed E-state index contributed by atoms with van der Waals surface area (Å²) in [6.07, 6.45) is 8.84. The number of aryl methyl sites for hydroxylation is 1. The van der Waals surface area contributed by atoms with Gasteiger partial charge in [-0.25, -0.2) is 9.97 Å². The van der Waals surface area contributed by atoms with Crippen molar-refractivity contribution in [2.24, 2.45) is 0 Å². The van der Waals surface area contributed by atoms with E-state index in [1.54, 1.807) is 0 Å². The zero-order valence-corrected chi connectivity index (χ0v) is 13.8. The highest BCUT2D eigenvalue weighted by Crippen LogP contribution is 2.19. The van der Waals surface area contributed by atoms with Crippen LogP contribution in [0, 0.1) is 0 Å². The highest BCUT2D eigenvalue weighted by molar-refractivity contribution is 9.10. The highest BCUT2D eigenvalue weighted by atomic mass is 79.9. The number of aromatic nitrogens is 3. The summed E-state index contributed by atoms with van der Waals surface area (Å²) in [6.45, 7) is 5.05. The molecule has 0 unspecified atom stereocenters. The van der Waals surface area contributed by atoms with Gasteiger partial charge < -0.3 is 0 Å². The zero-order chi connectivity index (χ0) is 14.7. The maximum absolute atomic E-state index is 4.70. The third-order valence-electron chi connectivity index (χ3n) is 3.70. The van der Waals surface area contributed by atoms with Crippen molar-refractivity contribution < 1.29 is 0 Å². The molecule has 110 valence electrons. The Hall–Kier alpha value is -1.33. The first-order chi connectivity index (χ1) is 10.2. The van der Waals surface area contributed by atoms with Gasteiger partial charge in [0.25, 0.3) is 0 Å². The smallest absolute Gasteiger partial charge is 0.128 e. The summed E-state index contributed by atoms with van der Waals surface area (Å²) in [4.78, 5) is 15.8. The maximum Gasteiger partial charge on any atom is 0.128 e. The Labute approximate surface area is 133 Å². The fourth-order valence-corrected chi connectivity index (χ4v) is 3.11. The molecule has 0 aromatic carbocycles. The normalized spacial score (nSPS) is 15.0. The van der Waals surface area contributed by atoms with Crippen LogP contribution in [0.5, 0.6) is 0 Å². The lowest BCUT2D eigenvalue weighted by Gasteiger charge is -2.28. The molecule has 0 N–H and O–H groups in total. The van der Waals surface area contributed by atoms with E-state index in [1.807, 2.05) is 18.6 Å². The third-order valence-corrected chi connectivity index (χ3v) is 4.14. The average Bonchev–Trinajstić information content (AvgIpc) is 2.48. The van der Waals surface area contributed by atoms with Gasteiger partial charge in [-0.2, -0.15) is 0 Å². The molecular formula is C16H19BrN4. The van der Waals surface area contributed by atoms with E-state index in [4.69, 9.17) is 4.98 Å². The van der Waals surface area contributed by atoms with Crippen LogP contribution < -0.4 is 0 Å². The molecule has 0 saturated heterocycles. The molecule has 0 saturated carbocycles. The Morgan fingerprint density at radius 1 is 1.29 bits per heavy atom. The number of fused-ring (bicyclic) bond motifs is 1. The summed E-state index contributed by atoms with van der Waals surface area (Å²) >= 11 is 3.47. The van der Waals surface area contributed by atoms with Crippen LogP contribution in [0.15, 0.2) is 29.1 Å². The Morgan fingerprint density at radius 3 is 3.00 bits per heavy atom. The Balaban J connectivity index is 1.70. The molecule has 0 amide bonds. The molecule has 1 aliphatic heterocycles. The second-order valence-electron chi connectivity index (χ2n) is 5.48. The molecule has 2 aromatic rings. The quantitative estimate of drug-likeness (QED) is 0.852. The van der Waals surface area contributed by atoms with Gasteiger partial charge in [0.1, 0.15) is 5.82 Å². The molecule has 0 fully saturated rings. The molecular weight excluding hydrogens is 328 g/mol. The average molecular weight is 347 g/mol. The summed E-state index contributed by atoms with van der Waals surface area (Å²) in [7, 11) is 0. The first kappa shape index (κ1) is 14.6. The molecule has 0 radical (unpaired) electrons. The van der Waals surface area contributed by atoms with E-state index >= 15 is 0 Å². The van der Waals surface area contributed by atoms with Crippen LogP contribution >= 0.6 is 15.9 Å². The number of pyridine rings is 1. The van der Waals surface area contributed by atoms with Gasteiger partial charge in [0, 0.05) is 66.8 Å². The molecule has 0 spiro atoms. The number of hydrogen-bond acceptors (Lipinski definition) is 4. The minimum atomic E-state index is 0.919. The van der Waals surface area contributed by atoms with Gasteiger partial charge in [0.15, 0.2) is 0 Å². The fraction of sp³-hybridized carbons (Fsp3) is 0.438. The molecule has 4 nitrogen and oxygen atoms in total. The van der Waals surface area contributed by atoms with Gasteiger partial charge in [0.05, 0.1) is 0 Å². The van der Waals surface area contributed by atoms with Crippen LogP contribution in [-0.2, 0) is 25.9 Å².